The highest BCUT2D eigenvalue weighted by atomic mass is 16.5. The molecule has 18 heavy (non-hydrogen) atoms. The molecule has 1 aliphatic carbocycles. The lowest BCUT2D eigenvalue weighted by molar-refractivity contribution is 0.469. The van der Waals surface area contributed by atoms with Gasteiger partial charge in [0, 0.05) is 31.4 Å². The fourth-order valence-corrected chi connectivity index (χ4v) is 1.77. The van der Waals surface area contributed by atoms with E-state index in [0.717, 1.165) is 23.6 Å². The van der Waals surface area contributed by atoms with Crippen LogP contribution in [0.5, 0.6) is 11.5 Å². The zero-order valence-electron chi connectivity index (χ0n) is 10.3. The van der Waals surface area contributed by atoms with Gasteiger partial charge in [-0.15, -0.1) is 0 Å². The molecule has 1 N–H and O–H groups in total. The van der Waals surface area contributed by atoms with Crippen LogP contribution in [0.1, 0.15) is 18.4 Å². The number of hydrogen-bond acceptors (Lipinski definition) is 4. The first kappa shape index (κ1) is 11.2. The van der Waals surface area contributed by atoms with Crippen molar-refractivity contribution < 1.29 is 4.74 Å². The van der Waals surface area contributed by atoms with E-state index >= 15 is 0 Å². The smallest absolute Gasteiger partial charge is 0.165 e. The maximum absolute atomic E-state index is 5.80. The van der Waals surface area contributed by atoms with E-state index in [-0.39, 0.29) is 0 Å². The van der Waals surface area contributed by atoms with E-state index in [9.17, 15) is 0 Å². The molecule has 1 saturated carbocycles. The fraction of sp³-hybridized carbons (Fsp3) is 0.385. The molecule has 2 aromatic rings. The van der Waals surface area contributed by atoms with Gasteiger partial charge in [-0.05, 0) is 18.9 Å². The van der Waals surface area contributed by atoms with Crippen LogP contribution in [0.2, 0.25) is 0 Å². The Bertz CT molecular complexity index is 533. The van der Waals surface area contributed by atoms with E-state index in [4.69, 9.17) is 4.74 Å². The van der Waals surface area contributed by atoms with Crippen molar-refractivity contribution in [2.75, 3.05) is 0 Å². The normalized spacial score (nSPS) is 14.7. The average molecular weight is 244 g/mol. The molecule has 0 radical (unpaired) electrons. The summed E-state index contributed by atoms with van der Waals surface area (Å²) in [5, 5.41) is 7.56. The van der Waals surface area contributed by atoms with Crippen LogP contribution in [0.4, 0.5) is 0 Å². The summed E-state index contributed by atoms with van der Waals surface area (Å²) in [6, 6.07) is 2.67. The predicted molar refractivity (Wildman–Crippen MR) is 67.4 cm³/mol. The van der Waals surface area contributed by atoms with E-state index in [1.165, 1.54) is 12.8 Å². The van der Waals surface area contributed by atoms with Gasteiger partial charge in [0.15, 0.2) is 5.75 Å². The standard InChI is InChI=1S/C13H16N4O/c1-17-9-12(7-16-17)18-13-8-14-5-4-10(13)6-15-11-2-3-11/h4-5,7-9,11,15H,2-3,6H2,1H3. The molecule has 0 spiro atoms. The molecular formula is C13H16N4O. The Labute approximate surface area is 106 Å². The Kier molecular flexibility index (Phi) is 2.98. The molecule has 0 atom stereocenters. The lowest BCUT2D eigenvalue weighted by Gasteiger charge is -2.09. The van der Waals surface area contributed by atoms with Gasteiger partial charge in [-0.1, -0.05) is 0 Å². The van der Waals surface area contributed by atoms with Crippen LogP contribution in [0.15, 0.2) is 30.9 Å². The summed E-state index contributed by atoms with van der Waals surface area (Å²) in [6.45, 7) is 0.822. The van der Waals surface area contributed by atoms with Gasteiger partial charge < -0.3 is 10.1 Å². The van der Waals surface area contributed by atoms with Crippen molar-refractivity contribution >= 4 is 0 Å². The first-order valence-corrected chi connectivity index (χ1v) is 6.14. The van der Waals surface area contributed by atoms with Crippen LogP contribution in [0, 0.1) is 0 Å². The molecule has 0 bridgehead atoms. The molecule has 0 unspecified atom stereocenters. The number of nitrogens with zero attached hydrogens (tertiary/aromatic N) is 3. The summed E-state index contributed by atoms with van der Waals surface area (Å²) in [7, 11) is 1.87. The van der Waals surface area contributed by atoms with Gasteiger partial charge in [0.1, 0.15) is 5.75 Å². The molecule has 0 aliphatic heterocycles. The van der Waals surface area contributed by atoms with Crippen molar-refractivity contribution in [3.05, 3.63) is 36.4 Å². The Hall–Kier alpha value is -1.88. The number of aromatic nitrogens is 3. The maximum atomic E-state index is 5.80. The molecule has 0 aromatic carbocycles. The van der Waals surface area contributed by atoms with Gasteiger partial charge in [-0.2, -0.15) is 5.10 Å². The molecule has 0 saturated heterocycles. The van der Waals surface area contributed by atoms with Gasteiger partial charge in [-0.25, -0.2) is 0 Å². The van der Waals surface area contributed by atoms with Crippen LogP contribution in [-0.4, -0.2) is 20.8 Å². The van der Waals surface area contributed by atoms with Crippen molar-refractivity contribution in [1.82, 2.24) is 20.1 Å². The first-order valence-electron chi connectivity index (χ1n) is 6.14. The molecule has 2 heterocycles. The van der Waals surface area contributed by atoms with Crippen molar-refractivity contribution in [3.8, 4) is 11.5 Å². The average Bonchev–Trinajstić information content (AvgIpc) is 3.12. The summed E-state index contributed by atoms with van der Waals surface area (Å²) in [6.07, 6.45) is 9.64. The summed E-state index contributed by atoms with van der Waals surface area (Å²) < 4.78 is 7.51. The Morgan fingerprint density at radius 3 is 3.06 bits per heavy atom. The SMILES string of the molecule is Cn1cc(Oc2cnccc2CNC2CC2)cn1. The number of rotatable bonds is 5. The van der Waals surface area contributed by atoms with E-state index in [1.54, 1.807) is 23.3 Å². The number of aryl methyl sites for hydroxylation is 1. The Morgan fingerprint density at radius 2 is 2.33 bits per heavy atom. The minimum atomic E-state index is 0.685. The third-order valence-corrected chi connectivity index (χ3v) is 2.94. The van der Waals surface area contributed by atoms with E-state index < -0.39 is 0 Å². The number of pyridine rings is 1. The van der Waals surface area contributed by atoms with Crippen LogP contribution in [-0.2, 0) is 13.6 Å². The number of nitrogens with one attached hydrogen (secondary N) is 1. The Morgan fingerprint density at radius 1 is 1.44 bits per heavy atom. The van der Waals surface area contributed by atoms with Crippen molar-refractivity contribution in [2.45, 2.75) is 25.4 Å². The molecule has 5 nitrogen and oxygen atoms in total. The van der Waals surface area contributed by atoms with E-state index in [2.05, 4.69) is 15.4 Å². The van der Waals surface area contributed by atoms with Crippen LogP contribution in [0.3, 0.4) is 0 Å². The molecule has 0 amide bonds. The van der Waals surface area contributed by atoms with E-state index in [0.29, 0.717) is 6.04 Å². The molecule has 5 heteroatoms. The van der Waals surface area contributed by atoms with Gasteiger partial charge in [-0.3, -0.25) is 9.67 Å². The van der Waals surface area contributed by atoms with Gasteiger partial charge in [0.05, 0.1) is 18.6 Å². The largest absolute Gasteiger partial charge is 0.452 e. The highest BCUT2D eigenvalue weighted by molar-refractivity contribution is 5.33. The lowest BCUT2D eigenvalue weighted by atomic mass is 10.2. The van der Waals surface area contributed by atoms with Crippen LogP contribution in [0.25, 0.3) is 0 Å². The molecular weight excluding hydrogens is 228 g/mol. The minimum Gasteiger partial charge on any atom is -0.452 e. The van der Waals surface area contributed by atoms with E-state index in [1.807, 2.05) is 19.3 Å². The van der Waals surface area contributed by atoms with Crippen molar-refractivity contribution in [2.24, 2.45) is 7.05 Å². The summed E-state index contributed by atoms with van der Waals surface area (Å²) in [5.41, 5.74) is 1.13. The van der Waals surface area contributed by atoms with Crippen molar-refractivity contribution in [1.29, 1.82) is 0 Å². The maximum Gasteiger partial charge on any atom is 0.165 e. The topological polar surface area (TPSA) is 52.0 Å². The third kappa shape index (κ3) is 2.68. The zero-order valence-corrected chi connectivity index (χ0v) is 10.3. The minimum absolute atomic E-state index is 0.685. The second kappa shape index (κ2) is 4.78. The molecule has 3 rings (SSSR count). The Balaban J connectivity index is 1.73. The zero-order chi connectivity index (χ0) is 12.4. The highest BCUT2D eigenvalue weighted by Crippen LogP contribution is 2.25. The lowest BCUT2D eigenvalue weighted by Crippen LogP contribution is -2.15. The number of hydrogen-bond donors (Lipinski definition) is 1. The summed E-state index contributed by atoms with van der Waals surface area (Å²) in [5.74, 6) is 1.52. The molecule has 94 valence electrons. The summed E-state index contributed by atoms with van der Waals surface area (Å²) >= 11 is 0. The predicted octanol–water partition coefficient (Wildman–Crippen LogP) is 1.86. The monoisotopic (exact) mass is 244 g/mol. The third-order valence-electron chi connectivity index (χ3n) is 2.94. The van der Waals surface area contributed by atoms with Crippen LogP contribution >= 0.6 is 0 Å². The van der Waals surface area contributed by atoms with Crippen molar-refractivity contribution in [3.63, 3.8) is 0 Å². The van der Waals surface area contributed by atoms with Crippen LogP contribution < -0.4 is 10.1 Å². The summed E-state index contributed by atoms with van der Waals surface area (Å²) in [4.78, 5) is 4.11. The highest BCUT2D eigenvalue weighted by Gasteiger charge is 2.20. The second-order valence-electron chi connectivity index (χ2n) is 4.59. The fourth-order valence-electron chi connectivity index (χ4n) is 1.77. The van der Waals surface area contributed by atoms with Gasteiger partial charge in [0.25, 0.3) is 0 Å². The molecule has 2 aromatic heterocycles. The van der Waals surface area contributed by atoms with Gasteiger partial charge in [0.2, 0.25) is 0 Å². The molecule has 1 aliphatic rings. The number of ether oxygens (including phenoxy) is 1. The molecule has 1 fully saturated rings. The first-order chi connectivity index (χ1) is 8.81. The van der Waals surface area contributed by atoms with Gasteiger partial charge >= 0.3 is 0 Å². The quantitative estimate of drug-likeness (QED) is 0.872. The second-order valence-corrected chi connectivity index (χ2v) is 4.59.